The van der Waals surface area contributed by atoms with Crippen molar-refractivity contribution in [2.45, 2.75) is 18.6 Å². The second kappa shape index (κ2) is 5.20. The van der Waals surface area contributed by atoms with E-state index in [2.05, 4.69) is 9.97 Å². The van der Waals surface area contributed by atoms with Gasteiger partial charge in [0.1, 0.15) is 5.52 Å². The number of pyridine rings is 2. The molecule has 1 saturated heterocycles. The van der Waals surface area contributed by atoms with Crippen molar-refractivity contribution in [1.29, 1.82) is 0 Å². The lowest BCUT2D eigenvalue weighted by Crippen LogP contribution is -2.26. The molecule has 1 amide bonds. The van der Waals surface area contributed by atoms with Crippen molar-refractivity contribution in [3.8, 4) is 0 Å². The predicted molar refractivity (Wildman–Crippen MR) is 78.6 cm³/mol. The van der Waals surface area contributed by atoms with Gasteiger partial charge in [-0.25, -0.2) is 4.98 Å². The van der Waals surface area contributed by atoms with Crippen LogP contribution in [0.2, 0.25) is 0 Å². The van der Waals surface area contributed by atoms with Gasteiger partial charge in [0.25, 0.3) is 0 Å². The highest BCUT2D eigenvalue weighted by molar-refractivity contribution is 8.14. The van der Waals surface area contributed by atoms with Crippen LogP contribution in [0.15, 0.2) is 30.6 Å². The molecule has 0 aliphatic carbocycles. The number of amides is 1. The van der Waals surface area contributed by atoms with Gasteiger partial charge in [-0.1, -0.05) is 17.8 Å². The van der Waals surface area contributed by atoms with Gasteiger partial charge in [0, 0.05) is 42.9 Å². The number of fused-ring (bicyclic) bond motifs is 1. The first-order chi connectivity index (χ1) is 9.65. The Morgan fingerprint density at radius 3 is 3.00 bits per heavy atom. The van der Waals surface area contributed by atoms with Crippen molar-refractivity contribution < 1.29 is 9.59 Å². The van der Waals surface area contributed by atoms with Gasteiger partial charge in [-0.3, -0.25) is 19.5 Å². The van der Waals surface area contributed by atoms with Crippen molar-refractivity contribution in [2.24, 2.45) is 0 Å². The van der Waals surface area contributed by atoms with Gasteiger partial charge in [-0.05, 0) is 12.1 Å². The molecule has 0 radical (unpaired) electrons. The van der Waals surface area contributed by atoms with Crippen LogP contribution in [0, 0.1) is 0 Å². The Bertz CT molecular complexity index is 684. The summed E-state index contributed by atoms with van der Waals surface area (Å²) >= 11 is 1.22. The van der Waals surface area contributed by atoms with E-state index < -0.39 is 0 Å². The smallest absolute Gasteiger partial charge is 0.229 e. The third kappa shape index (κ3) is 2.38. The standard InChI is InChI=1S/C14H13N3O2S/c1-9(18)20-11-7-12(19)17(8-11)14-13-10(4-6-16-14)3-2-5-15-13/h2-6,11H,7-8H2,1H3. The number of carbonyl (C=O) groups excluding carboxylic acids is 2. The van der Waals surface area contributed by atoms with Crippen LogP contribution in [0.25, 0.3) is 10.9 Å². The summed E-state index contributed by atoms with van der Waals surface area (Å²) in [5.74, 6) is 0.578. The van der Waals surface area contributed by atoms with Crippen molar-refractivity contribution in [3.63, 3.8) is 0 Å². The molecule has 1 unspecified atom stereocenters. The zero-order chi connectivity index (χ0) is 14.1. The van der Waals surface area contributed by atoms with Gasteiger partial charge in [0.2, 0.25) is 5.91 Å². The lowest BCUT2D eigenvalue weighted by molar-refractivity contribution is -0.117. The summed E-state index contributed by atoms with van der Waals surface area (Å²) in [7, 11) is 0. The first kappa shape index (κ1) is 13.1. The fourth-order valence-electron chi connectivity index (χ4n) is 2.38. The number of thioether (sulfide) groups is 1. The first-order valence-corrected chi connectivity index (χ1v) is 7.20. The monoisotopic (exact) mass is 287 g/mol. The van der Waals surface area contributed by atoms with E-state index in [0.717, 1.165) is 10.9 Å². The Kier molecular flexibility index (Phi) is 3.40. The van der Waals surface area contributed by atoms with E-state index in [1.807, 2.05) is 18.2 Å². The summed E-state index contributed by atoms with van der Waals surface area (Å²) in [5, 5.41) is 0.988. The maximum absolute atomic E-state index is 12.1. The normalized spacial score (nSPS) is 18.8. The maximum atomic E-state index is 12.1. The first-order valence-electron chi connectivity index (χ1n) is 6.32. The number of hydrogen-bond donors (Lipinski definition) is 0. The van der Waals surface area contributed by atoms with E-state index in [-0.39, 0.29) is 16.3 Å². The van der Waals surface area contributed by atoms with Crippen LogP contribution in [0.5, 0.6) is 0 Å². The molecular formula is C14H13N3O2S. The molecular weight excluding hydrogens is 274 g/mol. The zero-order valence-electron chi connectivity index (χ0n) is 10.9. The Morgan fingerprint density at radius 2 is 2.20 bits per heavy atom. The lowest BCUT2D eigenvalue weighted by Gasteiger charge is -2.16. The van der Waals surface area contributed by atoms with Gasteiger partial charge in [0.15, 0.2) is 10.9 Å². The molecule has 0 bridgehead atoms. The van der Waals surface area contributed by atoms with E-state index in [4.69, 9.17) is 0 Å². The average molecular weight is 287 g/mol. The lowest BCUT2D eigenvalue weighted by atomic mass is 10.2. The molecule has 20 heavy (non-hydrogen) atoms. The minimum absolute atomic E-state index is 0.000711. The SMILES string of the molecule is CC(=O)SC1CC(=O)N(c2nccc3cccnc23)C1. The third-order valence-electron chi connectivity index (χ3n) is 3.18. The van der Waals surface area contributed by atoms with Crippen molar-refractivity contribution >= 4 is 39.5 Å². The largest absolute Gasteiger partial charge is 0.294 e. The molecule has 3 heterocycles. The van der Waals surface area contributed by atoms with Gasteiger partial charge < -0.3 is 0 Å². The topological polar surface area (TPSA) is 63.2 Å². The summed E-state index contributed by atoms with van der Waals surface area (Å²) in [6.07, 6.45) is 3.74. The fraction of sp³-hybridized carbons (Fsp3) is 0.286. The number of aromatic nitrogens is 2. The highest BCUT2D eigenvalue weighted by Gasteiger charge is 2.33. The molecule has 1 aliphatic rings. The summed E-state index contributed by atoms with van der Waals surface area (Å²) in [6.45, 7) is 2.03. The van der Waals surface area contributed by atoms with E-state index in [0.29, 0.717) is 18.8 Å². The highest BCUT2D eigenvalue weighted by atomic mass is 32.2. The molecule has 0 N–H and O–H groups in total. The second-order valence-corrected chi connectivity index (χ2v) is 6.13. The quantitative estimate of drug-likeness (QED) is 0.845. The number of rotatable bonds is 2. The van der Waals surface area contributed by atoms with E-state index in [9.17, 15) is 9.59 Å². The summed E-state index contributed by atoms with van der Waals surface area (Å²) in [4.78, 5) is 33.6. The predicted octanol–water partition coefficient (Wildman–Crippen LogP) is 2.01. The second-order valence-electron chi connectivity index (χ2n) is 4.65. The molecule has 2 aromatic rings. The number of hydrogen-bond acceptors (Lipinski definition) is 5. The molecule has 5 nitrogen and oxygen atoms in total. The Hall–Kier alpha value is -1.95. The molecule has 0 saturated carbocycles. The summed E-state index contributed by atoms with van der Waals surface area (Å²) < 4.78 is 0. The van der Waals surface area contributed by atoms with E-state index in [1.54, 1.807) is 17.3 Å². The minimum atomic E-state index is -0.00518. The fourth-order valence-corrected chi connectivity index (χ4v) is 3.30. The molecule has 6 heteroatoms. The molecule has 2 aromatic heterocycles. The maximum Gasteiger partial charge on any atom is 0.229 e. The van der Waals surface area contributed by atoms with Gasteiger partial charge in [0.05, 0.1) is 0 Å². The van der Waals surface area contributed by atoms with Crippen molar-refractivity contribution in [2.75, 3.05) is 11.4 Å². The molecule has 0 spiro atoms. The Labute approximate surface area is 120 Å². The van der Waals surface area contributed by atoms with Crippen LogP contribution in [-0.4, -0.2) is 32.8 Å². The zero-order valence-corrected chi connectivity index (χ0v) is 11.8. The van der Waals surface area contributed by atoms with Gasteiger partial charge in [-0.2, -0.15) is 0 Å². The average Bonchev–Trinajstić information content (AvgIpc) is 2.78. The number of nitrogens with zero attached hydrogens (tertiary/aromatic N) is 3. The Balaban J connectivity index is 1.95. The van der Waals surface area contributed by atoms with Crippen LogP contribution < -0.4 is 4.90 Å². The molecule has 1 fully saturated rings. The molecule has 1 aliphatic heterocycles. The van der Waals surface area contributed by atoms with E-state index >= 15 is 0 Å². The third-order valence-corrected chi connectivity index (χ3v) is 4.16. The minimum Gasteiger partial charge on any atom is -0.294 e. The van der Waals surface area contributed by atoms with Crippen LogP contribution in [-0.2, 0) is 9.59 Å². The van der Waals surface area contributed by atoms with Gasteiger partial charge in [-0.15, -0.1) is 0 Å². The molecule has 102 valence electrons. The van der Waals surface area contributed by atoms with Crippen LogP contribution in [0.4, 0.5) is 5.82 Å². The summed E-state index contributed by atoms with van der Waals surface area (Å²) in [5.41, 5.74) is 0.719. The van der Waals surface area contributed by atoms with Crippen LogP contribution >= 0.6 is 11.8 Å². The molecule has 3 rings (SSSR count). The summed E-state index contributed by atoms with van der Waals surface area (Å²) in [6, 6.07) is 5.66. The molecule has 1 atom stereocenters. The number of carbonyl (C=O) groups is 2. The van der Waals surface area contributed by atoms with Crippen molar-refractivity contribution in [3.05, 3.63) is 30.6 Å². The van der Waals surface area contributed by atoms with Crippen LogP contribution in [0.3, 0.4) is 0 Å². The molecule has 0 aromatic carbocycles. The van der Waals surface area contributed by atoms with E-state index in [1.165, 1.54) is 18.7 Å². The van der Waals surface area contributed by atoms with Crippen molar-refractivity contribution in [1.82, 2.24) is 9.97 Å². The number of anilines is 1. The highest BCUT2D eigenvalue weighted by Crippen LogP contribution is 2.30. The Morgan fingerprint density at radius 1 is 1.35 bits per heavy atom. The van der Waals surface area contributed by atoms with Gasteiger partial charge >= 0.3 is 0 Å². The van der Waals surface area contributed by atoms with Crippen LogP contribution in [0.1, 0.15) is 13.3 Å².